The summed E-state index contributed by atoms with van der Waals surface area (Å²) in [5, 5.41) is 10.4. The number of anilines is 1. The molecule has 3 heterocycles. The highest BCUT2D eigenvalue weighted by Crippen LogP contribution is 2.32. The van der Waals surface area contributed by atoms with E-state index in [1.165, 1.54) is 11.8 Å². The van der Waals surface area contributed by atoms with E-state index in [-0.39, 0.29) is 17.8 Å². The largest absolute Gasteiger partial charge is 0.486 e. The summed E-state index contributed by atoms with van der Waals surface area (Å²) in [7, 11) is 0. The van der Waals surface area contributed by atoms with Gasteiger partial charge in [-0.05, 0) is 25.0 Å². The molecule has 8 nitrogen and oxygen atoms in total. The topological polar surface area (TPSA) is 98.4 Å². The van der Waals surface area contributed by atoms with Crippen LogP contribution in [0.25, 0.3) is 0 Å². The summed E-state index contributed by atoms with van der Waals surface area (Å²) in [6.45, 7) is 1.81. The van der Waals surface area contributed by atoms with Crippen LogP contribution in [0.4, 0.5) is 5.69 Å². The first kappa shape index (κ1) is 16.2. The molecule has 4 rings (SSSR count). The van der Waals surface area contributed by atoms with E-state index in [2.05, 4.69) is 20.5 Å². The fraction of sp³-hybridized carbons (Fsp3) is 0.438. The highest BCUT2D eigenvalue weighted by atomic mass is 32.2. The lowest BCUT2D eigenvalue weighted by molar-refractivity contribution is -0.113. The molecule has 9 heteroatoms. The molecule has 1 fully saturated rings. The summed E-state index contributed by atoms with van der Waals surface area (Å²) in [4.78, 5) is 16.5. The van der Waals surface area contributed by atoms with Crippen molar-refractivity contribution in [1.82, 2.24) is 15.2 Å². The van der Waals surface area contributed by atoms with Crippen molar-refractivity contribution < 1.29 is 19.0 Å². The van der Waals surface area contributed by atoms with E-state index < -0.39 is 0 Å². The number of aromatic amines is 1. The van der Waals surface area contributed by atoms with Crippen LogP contribution in [-0.4, -0.2) is 46.7 Å². The van der Waals surface area contributed by atoms with Crippen LogP contribution in [0.5, 0.6) is 11.5 Å². The maximum Gasteiger partial charge on any atom is 0.234 e. The number of carbonyl (C=O) groups is 1. The summed E-state index contributed by atoms with van der Waals surface area (Å²) >= 11 is 1.28. The van der Waals surface area contributed by atoms with Crippen LogP contribution in [0.1, 0.15) is 24.8 Å². The first-order chi connectivity index (χ1) is 12.3. The van der Waals surface area contributed by atoms with Crippen molar-refractivity contribution in [3.63, 3.8) is 0 Å². The number of benzene rings is 1. The number of carbonyl (C=O) groups excluding carboxylic acids is 1. The van der Waals surface area contributed by atoms with Crippen LogP contribution in [0.15, 0.2) is 23.4 Å². The molecule has 132 valence electrons. The van der Waals surface area contributed by atoms with E-state index in [4.69, 9.17) is 14.2 Å². The molecular formula is C16H18N4O4S. The second kappa shape index (κ2) is 7.32. The molecule has 0 radical (unpaired) electrons. The third kappa shape index (κ3) is 3.88. The Labute approximate surface area is 148 Å². The van der Waals surface area contributed by atoms with Gasteiger partial charge in [0.25, 0.3) is 0 Å². The van der Waals surface area contributed by atoms with Gasteiger partial charge in [-0.15, -0.1) is 5.10 Å². The van der Waals surface area contributed by atoms with Crippen LogP contribution < -0.4 is 14.8 Å². The number of rotatable bonds is 5. The molecule has 1 saturated heterocycles. The van der Waals surface area contributed by atoms with Crippen LogP contribution in [0, 0.1) is 0 Å². The Morgan fingerprint density at radius 1 is 1.28 bits per heavy atom. The SMILES string of the molecule is O=C(CSc1n[nH]c([C@H]2CCCO2)n1)Nc1ccc2c(c1)OCCO2. The van der Waals surface area contributed by atoms with Crippen LogP contribution in [-0.2, 0) is 9.53 Å². The van der Waals surface area contributed by atoms with E-state index in [0.29, 0.717) is 35.6 Å². The fourth-order valence-corrected chi connectivity index (χ4v) is 3.31. The second-order valence-electron chi connectivity index (χ2n) is 5.70. The summed E-state index contributed by atoms with van der Waals surface area (Å²) in [5.74, 6) is 2.15. The zero-order chi connectivity index (χ0) is 17.1. The van der Waals surface area contributed by atoms with Crippen molar-refractivity contribution in [3.05, 3.63) is 24.0 Å². The number of nitrogens with zero attached hydrogens (tertiary/aromatic N) is 2. The number of amides is 1. The summed E-state index contributed by atoms with van der Waals surface area (Å²) in [6.07, 6.45) is 1.98. The zero-order valence-corrected chi connectivity index (χ0v) is 14.3. The number of fused-ring (bicyclic) bond motifs is 1. The first-order valence-electron chi connectivity index (χ1n) is 8.14. The van der Waals surface area contributed by atoms with Gasteiger partial charge in [-0.3, -0.25) is 9.89 Å². The van der Waals surface area contributed by atoms with Crippen molar-refractivity contribution >= 4 is 23.4 Å². The quantitative estimate of drug-likeness (QED) is 0.787. The summed E-state index contributed by atoms with van der Waals surface area (Å²) < 4.78 is 16.5. The van der Waals surface area contributed by atoms with Gasteiger partial charge in [-0.25, -0.2) is 4.98 Å². The molecular weight excluding hydrogens is 344 g/mol. The molecule has 0 aliphatic carbocycles. The zero-order valence-electron chi connectivity index (χ0n) is 13.5. The van der Waals surface area contributed by atoms with Crippen LogP contribution >= 0.6 is 11.8 Å². The number of hydrogen-bond donors (Lipinski definition) is 2. The molecule has 25 heavy (non-hydrogen) atoms. The number of thioether (sulfide) groups is 1. The Bertz CT molecular complexity index is 760. The van der Waals surface area contributed by atoms with Gasteiger partial charge in [0.15, 0.2) is 17.3 Å². The molecule has 2 aliphatic rings. The standard InChI is InChI=1S/C16H18N4O4S/c21-14(17-10-3-4-11-13(8-10)24-7-6-23-11)9-25-16-18-15(19-20-16)12-2-1-5-22-12/h3-4,8,12H,1-2,5-7,9H2,(H,17,21)(H,18,19,20)/t12-/m1/s1. The number of aromatic nitrogens is 3. The van der Waals surface area contributed by atoms with Gasteiger partial charge < -0.3 is 19.5 Å². The molecule has 2 aliphatic heterocycles. The minimum Gasteiger partial charge on any atom is -0.486 e. The van der Waals surface area contributed by atoms with Gasteiger partial charge in [0.2, 0.25) is 11.1 Å². The molecule has 1 amide bonds. The van der Waals surface area contributed by atoms with Gasteiger partial charge in [-0.1, -0.05) is 11.8 Å². The monoisotopic (exact) mass is 362 g/mol. The lowest BCUT2D eigenvalue weighted by Gasteiger charge is -2.18. The molecule has 0 unspecified atom stereocenters. The van der Waals surface area contributed by atoms with Crippen molar-refractivity contribution in [2.24, 2.45) is 0 Å². The number of ether oxygens (including phenoxy) is 3. The van der Waals surface area contributed by atoms with Gasteiger partial charge in [0.05, 0.1) is 5.75 Å². The Morgan fingerprint density at radius 3 is 3.00 bits per heavy atom. The molecule has 1 aromatic heterocycles. The lowest BCUT2D eigenvalue weighted by Crippen LogP contribution is -2.17. The van der Waals surface area contributed by atoms with Crippen LogP contribution in [0.2, 0.25) is 0 Å². The number of hydrogen-bond acceptors (Lipinski definition) is 7. The van der Waals surface area contributed by atoms with Crippen molar-refractivity contribution in [2.45, 2.75) is 24.1 Å². The maximum atomic E-state index is 12.1. The Kier molecular flexibility index (Phi) is 4.75. The molecule has 1 atom stereocenters. The Hall–Kier alpha value is -2.26. The molecule has 2 aromatic rings. The smallest absolute Gasteiger partial charge is 0.234 e. The van der Waals surface area contributed by atoms with E-state index in [1.807, 2.05) is 0 Å². The predicted molar refractivity (Wildman–Crippen MR) is 91.1 cm³/mol. The minimum absolute atomic E-state index is 0.00612. The predicted octanol–water partition coefficient (Wildman–Crippen LogP) is 2.16. The third-order valence-corrected chi connectivity index (χ3v) is 4.72. The average molecular weight is 362 g/mol. The van der Waals surface area contributed by atoms with Gasteiger partial charge in [0, 0.05) is 18.4 Å². The summed E-state index contributed by atoms with van der Waals surface area (Å²) in [5.41, 5.74) is 0.671. The van der Waals surface area contributed by atoms with Gasteiger partial charge >= 0.3 is 0 Å². The van der Waals surface area contributed by atoms with E-state index >= 15 is 0 Å². The van der Waals surface area contributed by atoms with Crippen molar-refractivity contribution in [3.8, 4) is 11.5 Å². The Morgan fingerprint density at radius 2 is 2.16 bits per heavy atom. The normalized spacial score (nSPS) is 19.0. The van der Waals surface area contributed by atoms with Crippen molar-refractivity contribution in [1.29, 1.82) is 0 Å². The Balaban J connectivity index is 1.30. The van der Waals surface area contributed by atoms with E-state index in [9.17, 15) is 4.79 Å². The molecule has 0 bridgehead atoms. The lowest BCUT2D eigenvalue weighted by atomic mass is 10.2. The highest BCUT2D eigenvalue weighted by molar-refractivity contribution is 7.99. The molecule has 1 aromatic carbocycles. The van der Waals surface area contributed by atoms with E-state index in [1.54, 1.807) is 18.2 Å². The van der Waals surface area contributed by atoms with E-state index in [0.717, 1.165) is 25.3 Å². The van der Waals surface area contributed by atoms with Crippen LogP contribution in [0.3, 0.4) is 0 Å². The first-order valence-corrected chi connectivity index (χ1v) is 9.13. The second-order valence-corrected chi connectivity index (χ2v) is 6.64. The summed E-state index contributed by atoms with van der Waals surface area (Å²) in [6, 6.07) is 5.35. The molecule has 0 saturated carbocycles. The number of nitrogens with one attached hydrogen (secondary N) is 2. The molecule has 0 spiro atoms. The number of H-pyrrole nitrogens is 1. The van der Waals surface area contributed by atoms with Gasteiger partial charge in [0.1, 0.15) is 19.3 Å². The maximum absolute atomic E-state index is 12.1. The minimum atomic E-state index is -0.134. The third-order valence-electron chi connectivity index (χ3n) is 3.88. The molecule has 2 N–H and O–H groups in total. The van der Waals surface area contributed by atoms with Crippen molar-refractivity contribution in [2.75, 3.05) is 30.9 Å². The fourth-order valence-electron chi connectivity index (χ4n) is 2.71. The average Bonchev–Trinajstić information content (AvgIpc) is 3.31. The highest BCUT2D eigenvalue weighted by Gasteiger charge is 2.21. The van der Waals surface area contributed by atoms with Gasteiger partial charge in [-0.2, -0.15) is 0 Å².